The average molecular weight is 313 g/mol. The van der Waals surface area contributed by atoms with Gasteiger partial charge in [0.05, 0.1) is 11.5 Å². The van der Waals surface area contributed by atoms with Crippen LogP contribution < -0.4 is 0 Å². The maximum Gasteiger partial charge on any atom is 0.232 e. The molecule has 0 unspecified atom stereocenters. The Balaban J connectivity index is 2.23. The van der Waals surface area contributed by atoms with Crippen molar-refractivity contribution >= 4 is 35.1 Å². The average Bonchev–Trinajstić information content (AvgIpc) is 2.46. The number of rotatable bonds is 9. The fourth-order valence-corrected chi connectivity index (χ4v) is 3.02. The number of hydrogen-bond donors (Lipinski definition) is 0. The van der Waals surface area contributed by atoms with E-state index in [-0.39, 0.29) is 29.3 Å². The first-order valence-electron chi connectivity index (χ1n) is 7.41. The Hall–Kier alpha value is -1.17. The third-order valence-electron chi connectivity index (χ3n) is 3.54. The van der Waals surface area contributed by atoms with Crippen LogP contribution in [0.4, 0.5) is 0 Å². The lowest BCUT2D eigenvalue weighted by atomic mass is 9.98. The summed E-state index contributed by atoms with van der Waals surface area (Å²) in [5, 5.41) is 0. The quantitative estimate of drug-likeness (QED) is 0.607. The first-order chi connectivity index (χ1) is 9.95. The van der Waals surface area contributed by atoms with Crippen LogP contribution in [-0.4, -0.2) is 46.3 Å². The first kappa shape index (κ1) is 17.9. The summed E-state index contributed by atoms with van der Waals surface area (Å²) in [5.74, 6) is 0.552. The predicted molar refractivity (Wildman–Crippen MR) is 82.0 cm³/mol. The van der Waals surface area contributed by atoms with Gasteiger partial charge in [-0.2, -0.15) is 0 Å². The van der Waals surface area contributed by atoms with Crippen LogP contribution in [0.15, 0.2) is 0 Å². The number of carbonyl (C=O) groups excluding carboxylic acids is 4. The number of piperidine rings is 1. The molecule has 1 aliphatic heterocycles. The van der Waals surface area contributed by atoms with Gasteiger partial charge in [-0.15, -0.1) is 11.8 Å². The number of Topliss-reactive ketones (excluding diaryl/α,β-unsaturated/α-hetero) is 2. The minimum Gasteiger partial charge on any atom is -0.299 e. The van der Waals surface area contributed by atoms with E-state index in [0.29, 0.717) is 50.2 Å². The van der Waals surface area contributed by atoms with E-state index in [1.165, 1.54) is 16.7 Å². The molecule has 5 nitrogen and oxygen atoms in total. The molecule has 0 bridgehead atoms. The molecule has 1 fully saturated rings. The summed E-state index contributed by atoms with van der Waals surface area (Å²) in [6.07, 6.45) is 2.38. The van der Waals surface area contributed by atoms with Crippen molar-refractivity contribution < 1.29 is 19.2 Å². The monoisotopic (exact) mass is 313 g/mol. The van der Waals surface area contributed by atoms with E-state index >= 15 is 0 Å². The van der Waals surface area contributed by atoms with Crippen molar-refractivity contribution in [2.75, 3.05) is 18.1 Å². The number of imide groups is 1. The summed E-state index contributed by atoms with van der Waals surface area (Å²) in [4.78, 5) is 47.6. The minimum atomic E-state index is -0.131. The Morgan fingerprint density at radius 2 is 1.90 bits per heavy atom. The highest BCUT2D eigenvalue weighted by Crippen LogP contribution is 2.19. The summed E-state index contributed by atoms with van der Waals surface area (Å²) in [6.45, 7) is 3.96. The number of hydrogen-bond acceptors (Lipinski definition) is 5. The van der Waals surface area contributed by atoms with Crippen LogP contribution >= 0.6 is 11.8 Å². The van der Waals surface area contributed by atoms with Gasteiger partial charge in [0, 0.05) is 31.7 Å². The topological polar surface area (TPSA) is 71.5 Å². The molecule has 21 heavy (non-hydrogen) atoms. The highest BCUT2D eigenvalue weighted by Gasteiger charge is 2.30. The Labute approximate surface area is 129 Å². The Morgan fingerprint density at radius 3 is 2.57 bits per heavy atom. The fourth-order valence-electron chi connectivity index (χ4n) is 2.11. The lowest BCUT2D eigenvalue weighted by Gasteiger charge is -2.28. The Bertz CT molecular complexity index is 422. The number of ketones is 2. The van der Waals surface area contributed by atoms with Crippen LogP contribution in [0, 0.1) is 5.92 Å². The third kappa shape index (κ3) is 5.99. The Morgan fingerprint density at radius 1 is 1.24 bits per heavy atom. The molecule has 1 rings (SSSR count). The molecule has 1 saturated heterocycles. The molecule has 0 aliphatic carbocycles. The largest absolute Gasteiger partial charge is 0.299 e. The number of nitrogens with zero attached hydrogens (tertiary/aromatic N) is 1. The molecule has 0 aromatic heterocycles. The van der Waals surface area contributed by atoms with E-state index in [1.54, 1.807) is 6.92 Å². The van der Waals surface area contributed by atoms with Crippen LogP contribution in [0.25, 0.3) is 0 Å². The van der Waals surface area contributed by atoms with Crippen molar-refractivity contribution in [2.24, 2.45) is 5.92 Å². The van der Waals surface area contributed by atoms with E-state index < -0.39 is 0 Å². The van der Waals surface area contributed by atoms with Crippen molar-refractivity contribution in [1.29, 1.82) is 0 Å². The predicted octanol–water partition coefficient (Wildman–Crippen LogP) is 1.83. The van der Waals surface area contributed by atoms with Gasteiger partial charge >= 0.3 is 0 Å². The molecular formula is C15H23NO4S. The van der Waals surface area contributed by atoms with Crippen LogP contribution in [0.2, 0.25) is 0 Å². The fraction of sp³-hybridized carbons (Fsp3) is 0.733. The highest BCUT2D eigenvalue weighted by atomic mass is 32.2. The Kier molecular flexibility index (Phi) is 7.64. The van der Waals surface area contributed by atoms with E-state index in [2.05, 4.69) is 0 Å². The maximum absolute atomic E-state index is 11.9. The van der Waals surface area contributed by atoms with Gasteiger partial charge in [0.2, 0.25) is 11.8 Å². The van der Waals surface area contributed by atoms with E-state index in [4.69, 9.17) is 0 Å². The molecule has 0 spiro atoms. The normalized spacial score (nSPS) is 19.0. The summed E-state index contributed by atoms with van der Waals surface area (Å²) in [5.41, 5.74) is 0. The lowest BCUT2D eigenvalue weighted by Crippen LogP contribution is -2.44. The molecule has 0 radical (unpaired) electrons. The molecule has 1 atom stereocenters. The van der Waals surface area contributed by atoms with Crippen molar-refractivity contribution in [1.82, 2.24) is 4.90 Å². The minimum absolute atomic E-state index is 0.0638. The van der Waals surface area contributed by atoms with Gasteiger partial charge in [0.1, 0.15) is 11.6 Å². The van der Waals surface area contributed by atoms with Crippen molar-refractivity contribution in [3.63, 3.8) is 0 Å². The van der Waals surface area contributed by atoms with Crippen molar-refractivity contribution in [3.05, 3.63) is 0 Å². The van der Waals surface area contributed by atoms with Crippen LogP contribution in [0.3, 0.4) is 0 Å². The van der Waals surface area contributed by atoms with Crippen molar-refractivity contribution in [2.45, 2.75) is 46.0 Å². The third-order valence-corrected chi connectivity index (χ3v) is 4.59. The van der Waals surface area contributed by atoms with Crippen LogP contribution in [-0.2, 0) is 19.2 Å². The molecule has 6 heteroatoms. The summed E-state index contributed by atoms with van der Waals surface area (Å²) in [6, 6.07) is 0. The number of thioether (sulfide) groups is 1. The highest BCUT2D eigenvalue weighted by molar-refractivity contribution is 8.00. The number of likely N-dealkylation sites (tertiary alicyclic amines) is 1. The van der Waals surface area contributed by atoms with Gasteiger partial charge in [-0.25, -0.2) is 0 Å². The molecule has 1 heterocycles. The van der Waals surface area contributed by atoms with E-state index in [0.717, 1.165) is 0 Å². The number of carbonyl (C=O) groups is 4. The van der Waals surface area contributed by atoms with E-state index in [9.17, 15) is 19.2 Å². The van der Waals surface area contributed by atoms with Gasteiger partial charge in [0.15, 0.2) is 0 Å². The molecule has 0 aromatic carbocycles. The second kappa shape index (κ2) is 8.97. The lowest BCUT2D eigenvalue weighted by molar-refractivity contribution is -0.151. The van der Waals surface area contributed by atoms with Gasteiger partial charge in [-0.05, 0) is 12.8 Å². The molecule has 2 amide bonds. The molecule has 0 aromatic rings. The molecule has 0 saturated carbocycles. The van der Waals surface area contributed by atoms with E-state index in [1.807, 2.05) is 6.92 Å². The summed E-state index contributed by atoms with van der Waals surface area (Å²) in [7, 11) is 0. The second-order valence-electron chi connectivity index (χ2n) is 5.35. The zero-order chi connectivity index (χ0) is 15.8. The molecular weight excluding hydrogens is 290 g/mol. The molecule has 0 N–H and O–H groups in total. The van der Waals surface area contributed by atoms with Gasteiger partial charge in [0.25, 0.3) is 0 Å². The first-order valence-corrected chi connectivity index (χ1v) is 8.56. The SMILES string of the molecule is CCC(=O)CSCC(=O)CCCN1C(=O)CC[C@H](C)C1=O. The molecule has 118 valence electrons. The van der Waals surface area contributed by atoms with Gasteiger partial charge in [-0.3, -0.25) is 24.1 Å². The summed E-state index contributed by atoms with van der Waals surface area (Å²) >= 11 is 1.33. The van der Waals surface area contributed by atoms with Crippen molar-refractivity contribution in [3.8, 4) is 0 Å². The zero-order valence-electron chi connectivity index (χ0n) is 12.7. The maximum atomic E-state index is 11.9. The van der Waals surface area contributed by atoms with Gasteiger partial charge in [-0.1, -0.05) is 13.8 Å². The second-order valence-corrected chi connectivity index (χ2v) is 6.34. The summed E-state index contributed by atoms with van der Waals surface area (Å²) < 4.78 is 0. The van der Waals surface area contributed by atoms with Crippen LogP contribution in [0.1, 0.15) is 46.0 Å². The van der Waals surface area contributed by atoms with Crippen LogP contribution in [0.5, 0.6) is 0 Å². The zero-order valence-corrected chi connectivity index (χ0v) is 13.5. The molecule has 1 aliphatic rings. The van der Waals surface area contributed by atoms with Gasteiger partial charge < -0.3 is 0 Å². The standard InChI is InChI=1S/C15H23NO4S/c1-3-12(17)9-21-10-13(18)5-4-8-16-14(19)7-6-11(2)15(16)20/h11H,3-10H2,1-2H3/t11-/m0/s1. The number of amides is 2. The smallest absolute Gasteiger partial charge is 0.232 e.